The van der Waals surface area contributed by atoms with Gasteiger partial charge in [-0.05, 0) is 27.8 Å². The van der Waals surface area contributed by atoms with Crippen LogP contribution in [0.2, 0.25) is 0 Å². The van der Waals surface area contributed by atoms with E-state index in [2.05, 4.69) is 0 Å². The molecule has 2 N–H and O–H groups in total. The summed E-state index contributed by atoms with van der Waals surface area (Å²) in [7, 11) is 0. The number of benzene rings is 3. The summed E-state index contributed by atoms with van der Waals surface area (Å²) in [5.41, 5.74) is 2.58. The van der Waals surface area contributed by atoms with Crippen LogP contribution in [0.4, 0.5) is 4.79 Å². The Labute approximate surface area is 180 Å². The quantitative estimate of drug-likeness (QED) is 0.655. The molecule has 1 atom stereocenters. The molecule has 3 aromatic rings. The molecule has 1 aliphatic rings. The van der Waals surface area contributed by atoms with Gasteiger partial charge in [0, 0.05) is 15.0 Å². The number of rotatable bonds is 6. The number of carboxylic acid groups (broad SMARTS) is 1. The predicted molar refractivity (Wildman–Crippen MR) is 110 cm³/mol. The highest BCUT2D eigenvalue weighted by Crippen LogP contribution is 2.44. The Bertz CT molecular complexity index is 1360. The van der Waals surface area contributed by atoms with Crippen LogP contribution in [-0.2, 0) is 15.9 Å². The summed E-state index contributed by atoms with van der Waals surface area (Å²) in [6.07, 6.45) is -4.88. The Morgan fingerprint density at radius 3 is 2.24 bits per heavy atom. The summed E-state index contributed by atoms with van der Waals surface area (Å²) in [6.45, 7) is -0.243. The molecule has 0 saturated heterocycles. The fraction of sp³-hybridized carbons (Fsp3) is 0.167. The minimum atomic E-state index is -3.50. The lowest BCUT2D eigenvalue weighted by Gasteiger charge is -2.17. The van der Waals surface area contributed by atoms with E-state index in [4.69, 9.17) is 15.7 Å². The summed E-state index contributed by atoms with van der Waals surface area (Å²) in [6, 6.07) is 6.78. The molecule has 1 amide bonds. The second-order valence-corrected chi connectivity index (χ2v) is 6.26. The number of ether oxygens (including phenoxy) is 1. The number of hydrogen-bond donors (Lipinski definition) is 2. The van der Waals surface area contributed by atoms with Crippen LogP contribution < -0.4 is 5.32 Å². The van der Waals surface area contributed by atoms with Crippen molar-refractivity contribution in [1.82, 2.24) is 5.32 Å². The summed E-state index contributed by atoms with van der Waals surface area (Å²) in [4.78, 5) is 24.8. The highest BCUT2D eigenvalue weighted by atomic mass is 16.5. The van der Waals surface area contributed by atoms with E-state index in [0.29, 0.717) is 0 Å². The molecule has 29 heavy (non-hydrogen) atoms. The first-order valence-electron chi connectivity index (χ1n) is 12.8. The molecule has 1 aliphatic carbocycles. The van der Waals surface area contributed by atoms with Gasteiger partial charge in [0.15, 0.2) is 0 Å². The molecule has 146 valence electrons. The van der Waals surface area contributed by atoms with Gasteiger partial charge in [0.05, 0.1) is 8.22 Å². The molecule has 4 rings (SSSR count). The maximum atomic E-state index is 12.7. The number of carbonyl (C=O) groups excluding carboxylic acids is 1. The lowest BCUT2D eigenvalue weighted by atomic mass is 9.98. The Hall–Kier alpha value is -3.60. The fourth-order valence-corrected chi connectivity index (χ4v) is 3.31. The number of carbonyl (C=O) groups is 2. The summed E-state index contributed by atoms with van der Waals surface area (Å²) in [5, 5.41) is 11.4. The van der Waals surface area contributed by atoms with Gasteiger partial charge in [-0.15, -0.1) is 0 Å². The van der Waals surface area contributed by atoms with Crippen LogP contribution in [-0.4, -0.2) is 29.8 Å². The van der Waals surface area contributed by atoms with Gasteiger partial charge in [-0.1, -0.05) is 78.7 Å². The van der Waals surface area contributed by atoms with E-state index in [1.807, 2.05) is 48.5 Å². The Kier molecular flexibility index (Phi) is 3.22. The van der Waals surface area contributed by atoms with Crippen LogP contribution in [0.1, 0.15) is 33.6 Å². The molecule has 0 bridgehead atoms. The van der Waals surface area contributed by atoms with Gasteiger partial charge in [0.25, 0.3) is 0 Å². The molecule has 0 radical (unpaired) electrons. The van der Waals surface area contributed by atoms with Gasteiger partial charge in [-0.2, -0.15) is 0 Å². The molecule has 0 spiro atoms. The Morgan fingerprint density at radius 1 is 1.07 bits per heavy atom. The van der Waals surface area contributed by atoms with Crippen molar-refractivity contribution in [3.05, 3.63) is 95.4 Å². The summed E-state index contributed by atoms with van der Waals surface area (Å²) >= 11 is 0. The maximum Gasteiger partial charge on any atom is 0.407 e. The maximum absolute atomic E-state index is 12.7. The van der Waals surface area contributed by atoms with Crippen molar-refractivity contribution in [2.24, 2.45) is 0 Å². The Morgan fingerprint density at radius 2 is 1.66 bits per heavy atom. The molecule has 0 heterocycles. The average Bonchev–Trinajstić information content (AvgIpc) is 3.18. The van der Waals surface area contributed by atoms with Crippen LogP contribution in [0.3, 0.4) is 0 Å². The first-order chi connectivity index (χ1) is 17.3. The largest absolute Gasteiger partial charge is 0.480 e. The van der Waals surface area contributed by atoms with E-state index in [-0.39, 0.29) is 12.5 Å². The molecule has 3 aromatic carbocycles. The van der Waals surface area contributed by atoms with E-state index in [1.165, 1.54) is 0 Å². The van der Waals surface area contributed by atoms with Crippen molar-refractivity contribution in [3.8, 4) is 11.1 Å². The standard InChI is InChI=1S/C24H21NO4/c26-23(27)22(14-16-8-2-1-3-9-16)25-24(28)29-15-21-19-12-6-4-10-17(19)18-11-5-7-13-20(18)21/h1-13,21-22H,14-15H2,(H,25,28)(H,26,27)/t22-/m0/s1/i1D,2D,3D,8D,9D,14D2,22D. The van der Waals surface area contributed by atoms with Crippen LogP contribution in [0.5, 0.6) is 0 Å². The number of hydrogen-bond acceptors (Lipinski definition) is 3. The van der Waals surface area contributed by atoms with Crippen molar-refractivity contribution >= 4 is 12.1 Å². The van der Waals surface area contributed by atoms with Gasteiger partial charge in [-0.3, -0.25) is 0 Å². The molecule has 5 heteroatoms. The number of alkyl carbamates (subject to hydrolysis) is 1. The predicted octanol–water partition coefficient (Wildman–Crippen LogP) is 4.22. The number of carboxylic acids is 1. The molecule has 0 aliphatic heterocycles. The van der Waals surface area contributed by atoms with Gasteiger partial charge >= 0.3 is 12.1 Å². The van der Waals surface area contributed by atoms with E-state index in [9.17, 15) is 14.7 Å². The summed E-state index contributed by atoms with van der Waals surface area (Å²) < 4.78 is 69.4. The van der Waals surface area contributed by atoms with Crippen LogP contribution >= 0.6 is 0 Å². The van der Waals surface area contributed by atoms with E-state index < -0.39 is 60.2 Å². The number of fused-ring (bicyclic) bond motifs is 3. The zero-order valence-corrected chi connectivity index (χ0v) is 15.1. The van der Waals surface area contributed by atoms with Crippen molar-refractivity contribution in [2.45, 2.75) is 18.3 Å². The monoisotopic (exact) mass is 395 g/mol. The first kappa shape index (κ1) is 11.4. The number of aliphatic carboxylic acids is 1. The molecule has 0 unspecified atom stereocenters. The van der Waals surface area contributed by atoms with Crippen molar-refractivity contribution in [3.63, 3.8) is 0 Å². The smallest absolute Gasteiger partial charge is 0.407 e. The second-order valence-electron chi connectivity index (χ2n) is 6.26. The summed E-state index contributed by atoms with van der Waals surface area (Å²) in [5.74, 6) is -2.54. The molecule has 5 nitrogen and oxygen atoms in total. The lowest BCUT2D eigenvalue weighted by Crippen LogP contribution is -2.42. The van der Waals surface area contributed by atoms with Crippen LogP contribution in [0.15, 0.2) is 78.7 Å². The fourth-order valence-electron chi connectivity index (χ4n) is 3.31. The third-order valence-corrected chi connectivity index (χ3v) is 4.53. The van der Waals surface area contributed by atoms with Crippen LogP contribution in [0.25, 0.3) is 11.1 Å². The number of amides is 1. The second kappa shape index (κ2) is 8.19. The Balaban J connectivity index is 1.62. The van der Waals surface area contributed by atoms with Crippen molar-refractivity contribution in [2.75, 3.05) is 6.61 Å². The highest BCUT2D eigenvalue weighted by Gasteiger charge is 2.29. The molecular formula is C24H21NO4. The van der Waals surface area contributed by atoms with Crippen LogP contribution in [0, 0.1) is 0 Å². The minimum absolute atomic E-state index is 0.243. The minimum Gasteiger partial charge on any atom is -0.480 e. The van der Waals surface area contributed by atoms with Crippen molar-refractivity contribution in [1.29, 1.82) is 0 Å². The topological polar surface area (TPSA) is 75.6 Å². The van der Waals surface area contributed by atoms with Gasteiger partial charge < -0.3 is 15.2 Å². The van der Waals surface area contributed by atoms with E-state index in [0.717, 1.165) is 22.3 Å². The average molecular weight is 395 g/mol. The third kappa shape index (κ3) is 3.99. The normalized spacial score (nSPS) is 18.8. The van der Waals surface area contributed by atoms with Gasteiger partial charge in [0.1, 0.15) is 12.6 Å². The van der Waals surface area contributed by atoms with Crippen molar-refractivity contribution < 1.29 is 30.4 Å². The SMILES string of the molecule is [2H]c1c([2H])c([2H])c(C([2H])([2H])[C@]([2H])(NC(=O)OCC2c3ccccc3-c3ccccc32)C(=O)O)c([2H])c1[2H]. The van der Waals surface area contributed by atoms with Gasteiger partial charge in [-0.25, -0.2) is 9.59 Å². The van der Waals surface area contributed by atoms with Gasteiger partial charge in [0.2, 0.25) is 0 Å². The number of nitrogens with one attached hydrogen (secondary N) is 1. The highest BCUT2D eigenvalue weighted by molar-refractivity contribution is 5.81. The molecular weight excluding hydrogens is 366 g/mol. The zero-order valence-electron chi connectivity index (χ0n) is 23.1. The first-order valence-corrected chi connectivity index (χ1v) is 8.76. The molecule has 0 saturated carbocycles. The molecule has 0 fully saturated rings. The van der Waals surface area contributed by atoms with E-state index in [1.54, 1.807) is 5.32 Å². The van der Waals surface area contributed by atoms with E-state index >= 15 is 0 Å². The molecule has 0 aromatic heterocycles. The third-order valence-electron chi connectivity index (χ3n) is 4.53. The lowest BCUT2D eigenvalue weighted by molar-refractivity contribution is -0.139. The zero-order chi connectivity index (χ0) is 27.3.